The summed E-state index contributed by atoms with van der Waals surface area (Å²) in [6.07, 6.45) is 3.46. The van der Waals surface area contributed by atoms with Crippen LogP contribution in [0.15, 0.2) is 56.2 Å². The van der Waals surface area contributed by atoms with Gasteiger partial charge in [0.05, 0.1) is 9.81 Å². The highest BCUT2D eigenvalue weighted by Gasteiger charge is 2.32. The van der Waals surface area contributed by atoms with Crippen LogP contribution in [0.5, 0.6) is 0 Å². The van der Waals surface area contributed by atoms with Gasteiger partial charge in [0, 0.05) is 46.3 Å². The van der Waals surface area contributed by atoms with Crippen molar-refractivity contribution in [1.29, 1.82) is 0 Å². The molecule has 5 rings (SSSR count). The minimum atomic E-state index is -0.291. The molecule has 0 spiro atoms. The van der Waals surface area contributed by atoms with Gasteiger partial charge in [-0.15, -0.1) is 0 Å². The summed E-state index contributed by atoms with van der Waals surface area (Å²) < 4.78 is 0. The van der Waals surface area contributed by atoms with E-state index in [4.69, 9.17) is 46.4 Å². The maximum Gasteiger partial charge on any atom is 0.286 e. The van der Waals surface area contributed by atoms with E-state index in [2.05, 4.69) is 19.8 Å². The predicted octanol–water partition coefficient (Wildman–Crippen LogP) is 6.56. The Balaban J connectivity index is 1.20. The molecule has 2 amide bonds. The van der Waals surface area contributed by atoms with Crippen LogP contribution in [-0.4, -0.2) is 58.1 Å². The molecule has 1 fully saturated rings. The lowest BCUT2D eigenvalue weighted by atomic mass is 10.2. The second-order valence-electron chi connectivity index (χ2n) is 7.93. The summed E-state index contributed by atoms with van der Waals surface area (Å²) >= 11 is 27.1. The minimum Gasteiger partial charge on any atom is -0.347 e. The highest BCUT2D eigenvalue weighted by molar-refractivity contribution is 8.18. The first-order valence-electron chi connectivity index (χ1n) is 10.7. The molecule has 184 valence electrons. The molecule has 0 N–H and O–H groups in total. The lowest BCUT2D eigenvalue weighted by Gasteiger charge is -2.35. The molecule has 0 aliphatic carbocycles. The number of carbonyl (C=O) groups excluding carboxylic acids is 2. The first-order chi connectivity index (χ1) is 17.3. The number of amidine groups is 2. The summed E-state index contributed by atoms with van der Waals surface area (Å²) in [7, 11) is 0. The molecule has 0 radical (unpaired) electrons. The topological polar surface area (TPSA) is 65.3 Å². The van der Waals surface area contributed by atoms with Gasteiger partial charge in [0.25, 0.3) is 11.8 Å². The maximum atomic E-state index is 12.5. The highest BCUT2D eigenvalue weighted by atomic mass is 35.5. The molecule has 36 heavy (non-hydrogen) atoms. The zero-order valence-corrected chi connectivity index (χ0v) is 23.0. The molecule has 6 nitrogen and oxygen atoms in total. The van der Waals surface area contributed by atoms with E-state index in [0.717, 1.165) is 0 Å². The second-order valence-corrected chi connectivity index (χ2v) is 11.6. The third-order valence-electron chi connectivity index (χ3n) is 5.54. The number of rotatable bonds is 2. The average Bonchev–Trinajstić information content (AvgIpc) is 3.40. The SMILES string of the molecule is O=C1N=C(N2CCN(C3=NC(=O)/C(=C/c4ccc(Cl)cc4Cl)S3)CC2)S/C1=C\c1ccc(Cl)cc1Cl. The van der Waals surface area contributed by atoms with Gasteiger partial charge in [0.1, 0.15) is 0 Å². The van der Waals surface area contributed by atoms with E-state index < -0.39 is 0 Å². The van der Waals surface area contributed by atoms with Crippen molar-refractivity contribution in [2.75, 3.05) is 26.2 Å². The Morgan fingerprint density at radius 1 is 0.667 bits per heavy atom. The van der Waals surface area contributed by atoms with Gasteiger partial charge < -0.3 is 9.80 Å². The number of amides is 2. The van der Waals surface area contributed by atoms with Gasteiger partial charge in [-0.3, -0.25) is 9.59 Å². The standard InChI is InChI=1S/C24H16Cl4N4O2S2/c25-15-3-1-13(17(27)11-15)9-19-21(33)29-23(35-19)31-5-7-32(8-6-31)24-30-22(34)20(36-24)10-14-2-4-16(26)12-18(14)28/h1-4,9-12H,5-8H2/b19-9-,20-10-. The third-order valence-corrected chi connectivity index (χ3v) is 8.75. The summed E-state index contributed by atoms with van der Waals surface area (Å²) in [6, 6.07) is 10.3. The predicted molar refractivity (Wildman–Crippen MR) is 152 cm³/mol. The Kier molecular flexibility index (Phi) is 7.72. The molecule has 3 heterocycles. The van der Waals surface area contributed by atoms with Crippen molar-refractivity contribution in [3.63, 3.8) is 0 Å². The van der Waals surface area contributed by atoms with Gasteiger partial charge >= 0.3 is 0 Å². The maximum absolute atomic E-state index is 12.5. The number of piperazine rings is 1. The molecule has 3 aliphatic heterocycles. The van der Waals surface area contributed by atoms with Crippen molar-refractivity contribution >= 4 is 104 Å². The Morgan fingerprint density at radius 3 is 1.42 bits per heavy atom. The average molecular weight is 598 g/mol. The van der Waals surface area contributed by atoms with E-state index in [9.17, 15) is 9.59 Å². The lowest BCUT2D eigenvalue weighted by molar-refractivity contribution is -0.114. The van der Waals surface area contributed by atoms with Crippen LogP contribution in [0.2, 0.25) is 20.1 Å². The van der Waals surface area contributed by atoms with Crippen LogP contribution in [0.1, 0.15) is 11.1 Å². The zero-order valence-electron chi connectivity index (χ0n) is 18.4. The molecule has 0 aromatic heterocycles. The van der Waals surface area contributed by atoms with Crippen LogP contribution in [0.4, 0.5) is 0 Å². The van der Waals surface area contributed by atoms with Crippen LogP contribution in [0.25, 0.3) is 12.2 Å². The molecule has 0 unspecified atom stereocenters. The second kappa shape index (κ2) is 10.8. The van der Waals surface area contributed by atoms with Gasteiger partial charge in [-0.25, -0.2) is 0 Å². The van der Waals surface area contributed by atoms with Gasteiger partial charge in [-0.05, 0) is 71.1 Å². The molecule has 2 aromatic carbocycles. The van der Waals surface area contributed by atoms with Crippen LogP contribution >= 0.6 is 69.9 Å². The van der Waals surface area contributed by atoms with E-state index in [1.165, 1.54) is 23.5 Å². The van der Waals surface area contributed by atoms with Gasteiger partial charge in [0.2, 0.25) is 0 Å². The van der Waals surface area contributed by atoms with Crippen LogP contribution in [0, 0.1) is 0 Å². The number of halogens is 4. The fourth-order valence-electron chi connectivity index (χ4n) is 3.68. The van der Waals surface area contributed by atoms with E-state index >= 15 is 0 Å². The largest absolute Gasteiger partial charge is 0.347 e. The van der Waals surface area contributed by atoms with Crippen LogP contribution < -0.4 is 0 Å². The van der Waals surface area contributed by atoms with Crippen LogP contribution in [0.3, 0.4) is 0 Å². The van der Waals surface area contributed by atoms with Crippen LogP contribution in [-0.2, 0) is 9.59 Å². The quantitative estimate of drug-likeness (QED) is 0.365. The Hall–Kier alpha value is -1.94. The number of thioether (sulfide) groups is 2. The van der Waals surface area contributed by atoms with Crippen molar-refractivity contribution in [2.45, 2.75) is 0 Å². The smallest absolute Gasteiger partial charge is 0.286 e. The summed E-state index contributed by atoms with van der Waals surface area (Å²) in [4.78, 5) is 38.6. The zero-order chi connectivity index (χ0) is 25.4. The van der Waals surface area contributed by atoms with Crippen molar-refractivity contribution in [2.24, 2.45) is 9.98 Å². The first kappa shape index (κ1) is 25.7. The lowest BCUT2D eigenvalue weighted by Crippen LogP contribution is -2.49. The molecular weight excluding hydrogens is 582 g/mol. The molecule has 0 atom stereocenters. The fourth-order valence-corrected chi connectivity index (χ4v) is 6.51. The molecule has 0 bridgehead atoms. The summed E-state index contributed by atoms with van der Waals surface area (Å²) in [5, 5.41) is 3.33. The number of benzene rings is 2. The number of carbonyl (C=O) groups is 2. The summed E-state index contributed by atoms with van der Waals surface area (Å²) in [6.45, 7) is 2.57. The van der Waals surface area contributed by atoms with Gasteiger partial charge in [-0.1, -0.05) is 58.5 Å². The van der Waals surface area contributed by atoms with E-state index in [1.807, 2.05) is 0 Å². The van der Waals surface area contributed by atoms with E-state index in [-0.39, 0.29) is 11.8 Å². The number of aliphatic imine (C=N–C) groups is 2. The molecule has 3 aliphatic rings. The third kappa shape index (κ3) is 5.64. The minimum absolute atomic E-state index is 0.291. The van der Waals surface area contributed by atoms with Gasteiger partial charge in [0.15, 0.2) is 10.3 Å². The van der Waals surface area contributed by atoms with Crippen molar-refractivity contribution < 1.29 is 9.59 Å². The Labute approximate surface area is 236 Å². The summed E-state index contributed by atoms with van der Waals surface area (Å²) in [5.74, 6) is -0.583. The Morgan fingerprint density at radius 2 is 1.06 bits per heavy atom. The van der Waals surface area contributed by atoms with Crippen molar-refractivity contribution in [3.8, 4) is 0 Å². The first-order valence-corrected chi connectivity index (χ1v) is 13.9. The van der Waals surface area contributed by atoms with E-state index in [0.29, 0.717) is 77.5 Å². The molecule has 0 saturated carbocycles. The molecular formula is C24H16Cl4N4O2S2. The highest BCUT2D eigenvalue weighted by Crippen LogP contribution is 2.35. The number of hydrogen-bond acceptors (Lipinski definition) is 6. The van der Waals surface area contributed by atoms with Crippen molar-refractivity contribution in [3.05, 3.63) is 77.4 Å². The monoisotopic (exact) mass is 596 g/mol. The van der Waals surface area contributed by atoms with Gasteiger partial charge in [-0.2, -0.15) is 9.98 Å². The molecule has 2 aromatic rings. The number of hydrogen-bond donors (Lipinski definition) is 0. The summed E-state index contributed by atoms with van der Waals surface area (Å²) in [5.41, 5.74) is 1.42. The fraction of sp³-hybridized carbons (Fsp3) is 0.167. The molecule has 12 heteroatoms. The Bertz CT molecular complexity index is 1290. The van der Waals surface area contributed by atoms with Crippen molar-refractivity contribution in [1.82, 2.24) is 9.80 Å². The molecule has 1 saturated heterocycles. The van der Waals surface area contributed by atoms with E-state index in [1.54, 1.807) is 48.6 Å². The normalized spacial score (nSPS) is 20.6. The number of nitrogens with zero attached hydrogens (tertiary/aromatic N) is 4.